The fourth-order valence-corrected chi connectivity index (χ4v) is 10.6. The minimum atomic E-state index is 0.431. The van der Waals surface area contributed by atoms with Crippen molar-refractivity contribution in [1.29, 1.82) is 10.5 Å². The molecule has 13 aromatic rings. The second kappa shape index (κ2) is 18.1. The molecule has 5 aromatic heterocycles. The number of hydrogen-bond donors (Lipinski definition) is 0. The van der Waals surface area contributed by atoms with Gasteiger partial charge in [0.05, 0.1) is 61.7 Å². The molecule has 0 spiro atoms. The summed E-state index contributed by atoms with van der Waals surface area (Å²) in [6, 6.07) is 81.0. The van der Waals surface area contributed by atoms with E-state index in [4.69, 9.17) is 19.9 Å². The molecular formula is C67H41N7. The Morgan fingerprint density at radius 3 is 1.08 bits per heavy atom. The van der Waals surface area contributed by atoms with Crippen LogP contribution in [-0.2, 0) is 7.05 Å². The molecule has 0 bridgehead atoms. The van der Waals surface area contributed by atoms with Crippen molar-refractivity contribution in [2.24, 2.45) is 7.05 Å². The van der Waals surface area contributed by atoms with Crippen molar-refractivity contribution in [2.75, 3.05) is 0 Å². The first-order chi connectivity index (χ1) is 36.5. The van der Waals surface area contributed by atoms with Crippen molar-refractivity contribution in [3.63, 3.8) is 0 Å². The van der Waals surface area contributed by atoms with E-state index in [0.717, 1.165) is 105 Å². The summed E-state index contributed by atoms with van der Waals surface area (Å²) < 4.78 is 2.06. The molecule has 7 heteroatoms. The smallest absolute Gasteiger partial charge is 0.102 e. The number of fused-ring (bicyclic) bond motifs is 6. The predicted molar refractivity (Wildman–Crippen MR) is 300 cm³/mol. The van der Waals surface area contributed by atoms with Crippen LogP contribution in [-0.4, -0.2) is 24.5 Å². The first-order valence-electron chi connectivity index (χ1n) is 24.5. The van der Waals surface area contributed by atoms with Crippen molar-refractivity contribution in [1.82, 2.24) is 24.5 Å². The molecule has 0 atom stereocenters. The summed E-state index contributed by atoms with van der Waals surface area (Å²) in [6.07, 6.45) is 2.06. The lowest BCUT2D eigenvalue weighted by molar-refractivity contribution is 0.938. The third-order valence-corrected chi connectivity index (χ3v) is 14.0. The van der Waals surface area contributed by atoms with Gasteiger partial charge in [0.2, 0.25) is 0 Å². The number of nitriles is 2. The molecule has 0 N–H and O–H groups in total. The van der Waals surface area contributed by atoms with E-state index in [1.54, 1.807) is 0 Å². The monoisotopic (exact) mass is 943 g/mol. The summed E-state index contributed by atoms with van der Waals surface area (Å²) in [6.45, 7) is 0. The molecule has 0 unspecified atom stereocenters. The highest BCUT2D eigenvalue weighted by Crippen LogP contribution is 2.46. The Labute approximate surface area is 427 Å². The van der Waals surface area contributed by atoms with E-state index in [2.05, 4.69) is 138 Å². The fourth-order valence-electron chi connectivity index (χ4n) is 10.6. The maximum atomic E-state index is 11.4. The number of aryl methyl sites for hydroxylation is 1. The minimum absolute atomic E-state index is 0.431. The van der Waals surface area contributed by atoms with Gasteiger partial charge in [-0.3, -0.25) is 0 Å². The van der Waals surface area contributed by atoms with E-state index in [-0.39, 0.29) is 0 Å². The molecule has 8 aromatic carbocycles. The van der Waals surface area contributed by atoms with Gasteiger partial charge < -0.3 is 4.57 Å². The van der Waals surface area contributed by atoms with Gasteiger partial charge in [-0.1, -0.05) is 206 Å². The lowest BCUT2D eigenvalue weighted by Gasteiger charge is -2.17. The number of pyridine rings is 4. The normalized spacial score (nSPS) is 11.3. The maximum absolute atomic E-state index is 11.4. The largest absolute Gasteiger partial charge is 0.350 e. The molecule has 344 valence electrons. The maximum Gasteiger partial charge on any atom is 0.102 e. The predicted octanol–water partition coefficient (Wildman–Crippen LogP) is 16.3. The van der Waals surface area contributed by atoms with E-state index in [1.807, 2.05) is 116 Å². The second-order valence-corrected chi connectivity index (χ2v) is 18.4. The van der Waals surface area contributed by atoms with Crippen molar-refractivity contribution >= 4 is 43.6 Å². The van der Waals surface area contributed by atoms with Crippen molar-refractivity contribution in [3.8, 4) is 102 Å². The van der Waals surface area contributed by atoms with Crippen molar-refractivity contribution in [3.05, 3.63) is 242 Å². The summed E-state index contributed by atoms with van der Waals surface area (Å²) in [5.74, 6) is 0. The summed E-state index contributed by atoms with van der Waals surface area (Å²) in [5.41, 5.74) is 17.2. The van der Waals surface area contributed by atoms with E-state index in [1.165, 1.54) is 0 Å². The molecule has 0 aliphatic heterocycles. The molecule has 7 nitrogen and oxygen atoms in total. The van der Waals surface area contributed by atoms with E-state index < -0.39 is 0 Å². The third-order valence-electron chi connectivity index (χ3n) is 14.0. The van der Waals surface area contributed by atoms with Crippen LogP contribution in [0.1, 0.15) is 11.1 Å². The fraction of sp³-hybridized carbons (Fsp3) is 0.0149. The summed E-state index contributed by atoms with van der Waals surface area (Å²) in [7, 11) is 2.00. The van der Waals surface area contributed by atoms with Gasteiger partial charge in [0, 0.05) is 73.7 Å². The third kappa shape index (κ3) is 7.35. The van der Waals surface area contributed by atoms with Crippen LogP contribution >= 0.6 is 0 Å². The Balaban J connectivity index is 1.12. The molecule has 13 rings (SSSR count). The van der Waals surface area contributed by atoms with Crippen LogP contribution in [0, 0.1) is 22.7 Å². The van der Waals surface area contributed by atoms with Crippen LogP contribution in [0.15, 0.2) is 231 Å². The average molecular weight is 944 g/mol. The Morgan fingerprint density at radius 2 is 0.676 bits per heavy atom. The molecule has 0 saturated carbocycles. The first kappa shape index (κ1) is 43.7. The van der Waals surface area contributed by atoms with E-state index in [9.17, 15) is 10.5 Å². The highest BCUT2D eigenvalue weighted by atomic mass is 14.9. The standard InChI is InChI=1S/C67H41N7/c1-74-41-48(60-51-34-32-49-53(42-20-8-2-9-21-42)37-57(44-24-12-4-13-25-44)70-64(49)66(51)72-62(55(60)39-68)46-28-16-6-17-29-46)36-59(74)61-52-35-33-50-54(43-22-10-3-11-23-43)38-58(45-26-14-5-15-27-45)71-65(50)67(52)73-63(56(61)40-69)47-30-18-7-19-31-47/h2-38,41H,1H3. The lowest BCUT2D eigenvalue weighted by Crippen LogP contribution is -2.01. The number of benzene rings is 8. The Morgan fingerprint density at radius 1 is 0.338 bits per heavy atom. The molecular weight excluding hydrogens is 903 g/mol. The Bertz CT molecular complexity index is 4410. The molecule has 0 fully saturated rings. The highest BCUT2D eigenvalue weighted by molar-refractivity contribution is 6.17. The van der Waals surface area contributed by atoms with Crippen molar-refractivity contribution < 1.29 is 0 Å². The van der Waals surface area contributed by atoms with Gasteiger partial charge in [-0.2, -0.15) is 10.5 Å². The number of aromatic nitrogens is 5. The van der Waals surface area contributed by atoms with Gasteiger partial charge in [-0.05, 0) is 40.5 Å². The first-order valence-corrected chi connectivity index (χ1v) is 24.5. The van der Waals surface area contributed by atoms with Gasteiger partial charge in [0.15, 0.2) is 0 Å². The van der Waals surface area contributed by atoms with Crippen LogP contribution in [0.4, 0.5) is 0 Å². The molecule has 0 radical (unpaired) electrons. The second-order valence-electron chi connectivity index (χ2n) is 18.4. The Kier molecular flexibility index (Phi) is 10.7. The van der Waals surface area contributed by atoms with Gasteiger partial charge >= 0.3 is 0 Å². The number of rotatable bonds is 8. The molecule has 5 heterocycles. The lowest BCUT2D eigenvalue weighted by atomic mass is 9.90. The van der Waals surface area contributed by atoms with E-state index >= 15 is 0 Å². The van der Waals surface area contributed by atoms with Gasteiger partial charge in [0.25, 0.3) is 0 Å². The molecule has 74 heavy (non-hydrogen) atoms. The van der Waals surface area contributed by atoms with Gasteiger partial charge in [-0.15, -0.1) is 0 Å². The highest BCUT2D eigenvalue weighted by Gasteiger charge is 2.27. The summed E-state index contributed by atoms with van der Waals surface area (Å²) >= 11 is 0. The van der Waals surface area contributed by atoms with Crippen LogP contribution in [0.25, 0.3) is 133 Å². The summed E-state index contributed by atoms with van der Waals surface area (Å²) in [5, 5.41) is 26.3. The van der Waals surface area contributed by atoms with Crippen LogP contribution in [0.5, 0.6) is 0 Å². The zero-order chi connectivity index (χ0) is 49.7. The van der Waals surface area contributed by atoms with Gasteiger partial charge in [-0.25, -0.2) is 19.9 Å². The number of nitrogens with zero attached hydrogens (tertiary/aromatic N) is 7. The molecule has 0 aliphatic carbocycles. The zero-order valence-corrected chi connectivity index (χ0v) is 40.1. The molecule has 0 saturated heterocycles. The number of hydrogen-bond acceptors (Lipinski definition) is 6. The molecule has 0 amide bonds. The van der Waals surface area contributed by atoms with Crippen molar-refractivity contribution in [2.45, 2.75) is 0 Å². The Hall–Kier alpha value is -10.3. The topological polar surface area (TPSA) is 104 Å². The van der Waals surface area contributed by atoms with Gasteiger partial charge in [0.1, 0.15) is 12.1 Å². The minimum Gasteiger partial charge on any atom is -0.350 e. The van der Waals surface area contributed by atoms with E-state index in [0.29, 0.717) is 39.1 Å². The zero-order valence-electron chi connectivity index (χ0n) is 40.1. The van der Waals surface area contributed by atoms with Crippen LogP contribution < -0.4 is 0 Å². The quantitative estimate of drug-likeness (QED) is 0.141. The molecule has 0 aliphatic rings. The summed E-state index contributed by atoms with van der Waals surface area (Å²) in [4.78, 5) is 21.7. The van der Waals surface area contributed by atoms with Crippen LogP contribution in [0.2, 0.25) is 0 Å². The van der Waals surface area contributed by atoms with Crippen LogP contribution in [0.3, 0.4) is 0 Å². The SMILES string of the molecule is Cn1cc(-c2c(C#N)c(-c3ccccc3)nc3c2ccc2c(-c4ccccc4)cc(-c4ccccc4)nc23)cc1-c1c(C#N)c(-c2ccccc2)nc2c1ccc1c(-c3ccccc3)cc(-c3ccccc3)nc12. The average Bonchev–Trinajstić information content (AvgIpc) is 3.87.